The van der Waals surface area contributed by atoms with Crippen LogP contribution in [0.25, 0.3) is 0 Å². The molecule has 0 bridgehead atoms. The van der Waals surface area contributed by atoms with Gasteiger partial charge in [0.25, 0.3) is 0 Å². The maximum atomic E-state index is 11.7. The van der Waals surface area contributed by atoms with E-state index < -0.39 is 11.4 Å². The van der Waals surface area contributed by atoms with Crippen LogP contribution < -0.4 is 0 Å². The van der Waals surface area contributed by atoms with E-state index in [1.54, 1.807) is 0 Å². The van der Waals surface area contributed by atoms with Gasteiger partial charge in [0.15, 0.2) is 0 Å². The van der Waals surface area contributed by atoms with Crippen LogP contribution in [0, 0.1) is 18.3 Å². The van der Waals surface area contributed by atoms with Crippen molar-refractivity contribution >= 4 is 5.97 Å². The summed E-state index contributed by atoms with van der Waals surface area (Å²) >= 11 is 0. The van der Waals surface area contributed by atoms with E-state index in [0.717, 1.165) is 19.3 Å². The molecule has 0 amide bonds. The molecular formula is C16H22O2. The second-order valence-corrected chi connectivity index (χ2v) is 5.89. The van der Waals surface area contributed by atoms with Crippen LogP contribution in [0.5, 0.6) is 0 Å². The maximum absolute atomic E-state index is 11.7. The van der Waals surface area contributed by atoms with Crippen molar-refractivity contribution < 1.29 is 9.90 Å². The third-order valence-electron chi connectivity index (χ3n) is 4.34. The van der Waals surface area contributed by atoms with E-state index >= 15 is 0 Å². The third kappa shape index (κ3) is 2.58. The van der Waals surface area contributed by atoms with Gasteiger partial charge in [-0.25, -0.2) is 0 Å². The van der Waals surface area contributed by atoms with Crippen molar-refractivity contribution in [2.75, 3.05) is 0 Å². The van der Waals surface area contributed by atoms with Crippen LogP contribution in [0.15, 0.2) is 24.3 Å². The number of carbonyl (C=O) groups is 1. The van der Waals surface area contributed by atoms with Crippen molar-refractivity contribution in [3.05, 3.63) is 35.4 Å². The first-order chi connectivity index (χ1) is 8.53. The van der Waals surface area contributed by atoms with Gasteiger partial charge < -0.3 is 5.11 Å². The van der Waals surface area contributed by atoms with E-state index in [1.807, 2.05) is 12.1 Å². The Morgan fingerprint density at radius 3 is 2.78 bits per heavy atom. The second-order valence-electron chi connectivity index (χ2n) is 5.89. The second kappa shape index (κ2) is 5.13. The number of aryl methyl sites for hydroxylation is 1. The molecule has 1 saturated carbocycles. The first-order valence-electron chi connectivity index (χ1n) is 6.81. The van der Waals surface area contributed by atoms with E-state index in [0.29, 0.717) is 12.3 Å². The Balaban J connectivity index is 2.26. The quantitative estimate of drug-likeness (QED) is 0.880. The fourth-order valence-electron chi connectivity index (χ4n) is 3.26. The minimum atomic E-state index is -0.614. The SMILES string of the molecule is Cc1ccccc1CC1(C(=O)O)CCCC(C)C1. The van der Waals surface area contributed by atoms with Crippen molar-refractivity contribution in [3.8, 4) is 0 Å². The van der Waals surface area contributed by atoms with Crippen LogP contribution in [0.1, 0.15) is 43.7 Å². The van der Waals surface area contributed by atoms with Crippen molar-refractivity contribution in [2.45, 2.75) is 46.0 Å². The molecule has 0 saturated heterocycles. The van der Waals surface area contributed by atoms with Crippen LogP contribution in [0.2, 0.25) is 0 Å². The first-order valence-corrected chi connectivity index (χ1v) is 6.81. The molecule has 2 unspecified atom stereocenters. The molecule has 18 heavy (non-hydrogen) atoms. The molecule has 1 N–H and O–H groups in total. The predicted octanol–water partition coefficient (Wildman–Crippen LogP) is 3.82. The number of hydrogen-bond donors (Lipinski definition) is 1. The summed E-state index contributed by atoms with van der Waals surface area (Å²) in [7, 11) is 0. The summed E-state index contributed by atoms with van der Waals surface area (Å²) in [5.41, 5.74) is 1.86. The smallest absolute Gasteiger partial charge is 0.309 e. The minimum absolute atomic E-state index is 0.527. The summed E-state index contributed by atoms with van der Waals surface area (Å²) in [4.78, 5) is 11.7. The van der Waals surface area contributed by atoms with Crippen LogP contribution in [0.3, 0.4) is 0 Å². The largest absolute Gasteiger partial charge is 0.481 e. The van der Waals surface area contributed by atoms with Gasteiger partial charge in [0, 0.05) is 0 Å². The molecule has 1 aromatic rings. The lowest BCUT2D eigenvalue weighted by molar-refractivity contribution is -0.152. The summed E-state index contributed by atoms with van der Waals surface area (Å²) < 4.78 is 0. The fraction of sp³-hybridized carbons (Fsp3) is 0.562. The maximum Gasteiger partial charge on any atom is 0.309 e. The molecule has 0 heterocycles. The van der Waals surface area contributed by atoms with Crippen molar-refractivity contribution in [1.82, 2.24) is 0 Å². The molecule has 1 fully saturated rings. The summed E-state index contributed by atoms with van der Waals surface area (Å²) in [6, 6.07) is 8.15. The van der Waals surface area contributed by atoms with Gasteiger partial charge in [-0.3, -0.25) is 4.79 Å². The molecule has 1 aliphatic rings. The zero-order chi connectivity index (χ0) is 13.2. The molecular weight excluding hydrogens is 224 g/mol. The zero-order valence-electron chi connectivity index (χ0n) is 11.3. The average Bonchev–Trinajstić information content (AvgIpc) is 2.32. The van der Waals surface area contributed by atoms with E-state index in [4.69, 9.17) is 0 Å². The Hall–Kier alpha value is -1.31. The topological polar surface area (TPSA) is 37.3 Å². The molecule has 0 aliphatic heterocycles. The average molecular weight is 246 g/mol. The molecule has 1 aliphatic carbocycles. The lowest BCUT2D eigenvalue weighted by Gasteiger charge is -2.37. The Labute approximate surface area is 109 Å². The summed E-state index contributed by atoms with van der Waals surface area (Å²) in [5, 5.41) is 9.66. The lowest BCUT2D eigenvalue weighted by Crippen LogP contribution is -2.38. The number of carboxylic acid groups (broad SMARTS) is 1. The van der Waals surface area contributed by atoms with Crippen molar-refractivity contribution in [1.29, 1.82) is 0 Å². The number of carboxylic acids is 1. The van der Waals surface area contributed by atoms with Gasteiger partial charge >= 0.3 is 5.97 Å². The molecule has 2 heteroatoms. The molecule has 0 aromatic heterocycles. The van der Waals surface area contributed by atoms with Crippen LogP contribution in [0.4, 0.5) is 0 Å². The molecule has 2 nitrogen and oxygen atoms in total. The molecule has 0 spiro atoms. The Bertz CT molecular complexity index is 438. The van der Waals surface area contributed by atoms with Gasteiger partial charge in [0.05, 0.1) is 5.41 Å². The third-order valence-corrected chi connectivity index (χ3v) is 4.34. The van der Waals surface area contributed by atoms with Crippen LogP contribution in [-0.4, -0.2) is 11.1 Å². The number of rotatable bonds is 3. The predicted molar refractivity (Wildman–Crippen MR) is 72.6 cm³/mol. The highest BCUT2D eigenvalue weighted by atomic mass is 16.4. The van der Waals surface area contributed by atoms with Gasteiger partial charge in [0.1, 0.15) is 0 Å². The lowest BCUT2D eigenvalue weighted by atomic mass is 9.67. The highest BCUT2D eigenvalue weighted by Gasteiger charge is 2.41. The molecule has 2 rings (SSSR count). The molecule has 2 atom stereocenters. The summed E-state index contributed by atoms with van der Waals surface area (Å²) in [6.07, 6.45) is 4.53. The van der Waals surface area contributed by atoms with Gasteiger partial charge in [-0.05, 0) is 43.2 Å². The molecule has 0 radical (unpaired) electrons. The van der Waals surface area contributed by atoms with Crippen LogP contribution in [-0.2, 0) is 11.2 Å². The van der Waals surface area contributed by atoms with Gasteiger partial charge in [-0.15, -0.1) is 0 Å². The van der Waals surface area contributed by atoms with E-state index in [2.05, 4.69) is 26.0 Å². The molecule has 1 aromatic carbocycles. The number of hydrogen-bond acceptors (Lipinski definition) is 1. The number of benzene rings is 1. The van der Waals surface area contributed by atoms with E-state index in [9.17, 15) is 9.90 Å². The summed E-state index contributed by atoms with van der Waals surface area (Å²) in [6.45, 7) is 4.24. The Kier molecular flexibility index (Phi) is 3.74. The monoisotopic (exact) mass is 246 g/mol. The van der Waals surface area contributed by atoms with Gasteiger partial charge in [-0.1, -0.05) is 44.0 Å². The standard InChI is InChI=1S/C16H22O2/c1-12-6-5-9-16(10-12,15(17)18)11-14-8-4-3-7-13(14)2/h3-4,7-8,12H,5-6,9-11H2,1-2H3,(H,17,18). The van der Waals surface area contributed by atoms with Gasteiger partial charge in [-0.2, -0.15) is 0 Å². The summed E-state index contributed by atoms with van der Waals surface area (Å²) in [5.74, 6) is -0.0869. The van der Waals surface area contributed by atoms with Crippen LogP contribution >= 0.6 is 0 Å². The van der Waals surface area contributed by atoms with E-state index in [-0.39, 0.29) is 0 Å². The Morgan fingerprint density at radius 1 is 1.44 bits per heavy atom. The zero-order valence-corrected chi connectivity index (χ0v) is 11.3. The highest BCUT2D eigenvalue weighted by molar-refractivity contribution is 5.75. The highest BCUT2D eigenvalue weighted by Crippen LogP contribution is 2.42. The fourth-order valence-corrected chi connectivity index (χ4v) is 3.26. The first kappa shape index (κ1) is 13.1. The van der Waals surface area contributed by atoms with Crippen molar-refractivity contribution in [3.63, 3.8) is 0 Å². The molecule has 98 valence electrons. The normalized spacial score (nSPS) is 28.0. The van der Waals surface area contributed by atoms with E-state index in [1.165, 1.54) is 17.5 Å². The number of aliphatic carboxylic acids is 1. The Morgan fingerprint density at radius 2 is 2.17 bits per heavy atom. The minimum Gasteiger partial charge on any atom is -0.481 e. The van der Waals surface area contributed by atoms with Crippen molar-refractivity contribution in [2.24, 2.45) is 11.3 Å². The van der Waals surface area contributed by atoms with Gasteiger partial charge in [0.2, 0.25) is 0 Å².